The lowest BCUT2D eigenvalue weighted by Gasteiger charge is -2.13. The maximum absolute atomic E-state index is 11.9. The van der Waals surface area contributed by atoms with Gasteiger partial charge in [-0.2, -0.15) is 0 Å². The number of rotatable bonds is 4. The van der Waals surface area contributed by atoms with E-state index in [1.165, 1.54) is 12.8 Å². The van der Waals surface area contributed by atoms with Crippen molar-refractivity contribution in [3.05, 3.63) is 23.9 Å². The molecule has 0 unspecified atom stereocenters. The molecule has 0 spiro atoms. The van der Waals surface area contributed by atoms with Crippen LogP contribution in [0.5, 0.6) is 0 Å². The number of nitrogens with one attached hydrogen (secondary N) is 1. The molecule has 0 aromatic carbocycles. The summed E-state index contributed by atoms with van der Waals surface area (Å²) in [7, 11) is 3.78. The number of hydroxylamine groups is 1. The van der Waals surface area contributed by atoms with Crippen LogP contribution in [0, 0.1) is 0 Å². The molecule has 1 saturated carbocycles. The number of pyridine rings is 1. The number of anilines is 1. The summed E-state index contributed by atoms with van der Waals surface area (Å²) < 4.78 is 0. The molecule has 0 radical (unpaired) electrons. The predicted molar refractivity (Wildman–Crippen MR) is 69.4 cm³/mol. The lowest BCUT2D eigenvalue weighted by atomic mass is 10.2. The first-order chi connectivity index (χ1) is 8.66. The van der Waals surface area contributed by atoms with Crippen molar-refractivity contribution in [2.24, 2.45) is 0 Å². The van der Waals surface area contributed by atoms with Crippen LogP contribution in [0.2, 0.25) is 0 Å². The normalized spacial score (nSPS) is 15.7. The fraction of sp³-hybridized carbons (Fsp3) is 0.538. The number of amides is 1. The summed E-state index contributed by atoms with van der Waals surface area (Å²) in [6, 6.07) is 3.42. The highest BCUT2D eigenvalue weighted by Gasteiger charge is 2.17. The van der Waals surface area contributed by atoms with Gasteiger partial charge < -0.3 is 4.90 Å². The lowest BCUT2D eigenvalue weighted by molar-refractivity contribution is -0.0124. The number of carbonyl (C=O) groups excluding carboxylic acids is 1. The Morgan fingerprint density at radius 1 is 1.44 bits per heavy atom. The van der Waals surface area contributed by atoms with Crippen LogP contribution in [0.1, 0.15) is 36.0 Å². The van der Waals surface area contributed by atoms with E-state index < -0.39 is 0 Å². The van der Waals surface area contributed by atoms with Gasteiger partial charge in [-0.15, -0.1) is 0 Å². The van der Waals surface area contributed by atoms with E-state index >= 15 is 0 Å². The summed E-state index contributed by atoms with van der Waals surface area (Å²) in [6.45, 7) is 0. The van der Waals surface area contributed by atoms with E-state index in [1.807, 2.05) is 19.0 Å². The van der Waals surface area contributed by atoms with E-state index in [0.717, 1.165) is 18.7 Å². The molecule has 0 bridgehead atoms. The predicted octanol–water partition coefficient (Wildman–Crippen LogP) is 1.75. The molecule has 1 amide bonds. The van der Waals surface area contributed by atoms with Crippen molar-refractivity contribution < 1.29 is 9.63 Å². The zero-order valence-corrected chi connectivity index (χ0v) is 10.8. The van der Waals surface area contributed by atoms with E-state index in [2.05, 4.69) is 10.5 Å². The Bertz CT molecular complexity index is 414. The highest BCUT2D eigenvalue weighted by Crippen LogP contribution is 2.20. The zero-order chi connectivity index (χ0) is 13.0. The van der Waals surface area contributed by atoms with Crippen LogP contribution in [-0.4, -0.2) is 31.1 Å². The average Bonchev–Trinajstić information content (AvgIpc) is 2.89. The van der Waals surface area contributed by atoms with E-state index in [0.29, 0.717) is 5.56 Å². The monoisotopic (exact) mass is 249 g/mol. The van der Waals surface area contributed by atoms with Gasteiger partial charge in [0.05, 0.1) is 6.10 Å². The van der Waals surface area contributed by atoms with Crippen LogP contribution < -0.4 is 10.4 Å². The first-order valence-corrected chi connectivity index (χ1v) is 6.26. The minimum Gasteiger partial charge on any atom is -0.363 e. The van der Waals surface area contributed by atoms with Crippen LogP contribution in [0.25, 0.3) is 0 Å². The van der Waals surface area contributed by atoms with Gasteiger partial charge in [-0.1, -0.05) is 12.8 Å². The van der Waals surface area contributed by atoms with Gasteiger partial charge in [-0.05, 0) is 25.0 Å². The van der Waals surface area contributed by atoms with E-state index in [-0.39, 0.29) is 12.0 Å². The Morgan fingerprint density at radius 2 is 2.17 bits per heavy atom. The minimum absolute atomic E-state index is 0.170. The molecule has 0 atom stereocenters. The Kier molecular flexibility index (Phi) is 4.15. The maximum atomic E-state index is 11.9. The number of carbonyl (C=O) groups is 1. The largest absolute Gasteiger partial charge is 0.363 e. The first kappa shape index (κ1) is 12.8. The lowest BCUT2D eigenvalue weighted by Crippen LogP contribution is -2.28. The topological polar surface area (TPSA) is 54.5 Å². The number of hydrogen-bond donors (Lipinski definition) is 1. The first-order valence-electron chi connectivity index (χ1n) is 6.26. The molecular weight excluding hydrogens is 230 g/mol. The molecule has 0 aliphatic heterocycles. The SMILES string of the molecule is CN(C)c1cc(C(=O)NOC2CCCC2)ccn1. The molecule has 18 heavy (non-hydrogen) atoms. The van der Waals surface area contributed by atoms with Gasteiger partial charge in [0.25, 0.3) is 5.91 Å². The number of nitrogens with zero attached hydrogens (tertiary/aromatic N) is 2. The van der Waals surface area contributed by atoms with Crippen molar-refractivity contribution in [3.63, 3.8) is 0 Å². The Hall–Kier alpha value is -1.62. The third-order valence-corrected chi connectivity index (χ3v) is 3.09. The summed E-state index contributed by atoms with van der Waals surface area (Å²) in [5, 5.41) is 0. The van der Waals surface area contributed by atoms with Crippen molar-refractivity contribution in [1.29, 1.82) is 0 Å². The van der Waals surface area contributed by atoms with Crippen molar-refractivity contribution in [2.45, 2.75) is 31.8 Å². The van der Waals surface area contributed by atoms with E-state index in [9.17, 15) is 4.79 Å². The molecule has 5 heteroatoms. The molecule has 1 aromatic rings. The van der Waals surface area contributed by atoms with E-state index in [4.69, 9.17) is 4.84 Å². The molecule has 0 saturated heterocycles. The quantitative estimate of drug-likeness (QED) is 0.826. The molecule has 5 nitrogen and oxygen atoms in total. The second-order valence-electron chi connectivity index (χ2n) is 4.75. The van der Waals surface area contributed by atoms with Gasteiger partial charge in [0.15, 0.2) is 0 Å². The minimum atomic E-state index is -0.215. The van der Waals surface area contributed by atoms with Gasteiger partial charge >= 0.3 is 0 Å². The van der Waals surface area contributed by atoms with Gasteiger partial charge in [0, 0.05) is 25.9 Å². The number of hydrogen-bond acceptors (Lipinski definition) is 4. The average molecular weight is 249 g/mol. The molecule has 98 valence electrons. The molecule has 1 N–H and O–H groups in total. The fourth-order valence-corrected chi connectivity index (χ4v) is 2.01. The highest BCUT2D eigenvalue weighted by atomic mass is 16.7. The second-order valence-corrected chi connectivity index (χ2v) is 4.75. The van der Waals surface area contributed by atoms with Crippen LogP contribution in [0.3, 0.4) is 0 Å². The molecule has 1 aliphatic rings. The van der Waals surface area contributed by atoms with Crippen LogP contribution >= 0.6 is 0 Å². The molecule has 1 aliphatic carbocycles. The third kappa shape index (κ3) is 3.20. The summed E-state index contributed by atoms with van der Waals surface area (Å²) in [5.74, 6) is 0.538. The van der Waals surface area contributed by atoms with Crippen molar-refractivity contribution >= 4 is 11.7 Å². The highest BCUT2D eigenvalue weighted by molar-refractivity contribution is 5.94. The van der Waals surface area contributed by atoms with Crippen molar-refractivity contribution in [2.75, 3.05) is 19.0 Å². The van der Waals surface area contributed by atoms with Gasteiger partial charge in [-0.3, -0.25) is 9.63 Å². The van der Waals surface area contributed by atoms with Crippen LogP contribution in [-0.2, 0) is 4.84 Å². The van der Waals surface area contributed by atoms with Gasteiger partial charge in [0.2, 0.25) is 0 Å². The summed E-state index contributed by atoms with van der Waals surface area (Å²) >= 11 is 0. The van der Waals surface area contributed by atoms with Crippen molar-refractivity contribution in [3.8, 4) is 0 Å². The fourth-order valence-electron chi connectivity index (χ4n) is 2.01. The van der Waals surface area contributed by atoms with Crippen LogP contribution in [0.15, 0.2) is 18.3 Å². The standard InChI is InChI=1S/C13H19N3O2/c1-16(2)12-9-10(7-8-14-12)13(17)15-18-11-5-3-4-6-11/h7-9,11H,3-6H2,1-2H3,(H,15,17). The number of aromatic nitrogens is 1. The third-order valence-electron chi connectivity index (χ3n) is 3.09. The summed E-state index contributed by atoms with van der Waals surface area (Å²) in [4.78, 5) is 23.3. The van der Waals surface area contributed by atoms with Crippen molar-refractivity contribution in [1.82, 2.24) is 10.5 Å². The smallest absolute Gasteiger partial charge is 0.275 e. The molecule has 1 aromatic heterocycles. The van der Waals surface area contributed by atoms with Crippen LogP contribution in [0.4, 0.5) is 5.82 Å². The Labute approximate surface area is 107 Å². The van der Waals surface area contributed by atoms with Gasteiger partial charge in [-0.25, -0.2) is 10.5 Å². The summed E-state index contributed by atoms with van der Waals surface area (Å²) in [6.07, 6.45) is 6.21. The van der Waals surface area contributed by atoms with E-state index in [1.54, 1.807) is 18.3 Å². The summed E-state index contributed by atoms with van der Waals surface area (Å²) in [5.41, 5.74) is 3.08. The maximum Gasteiger partial charge on any atom is 0.275 e. The molecule has 2 rings (SSSR count). The molecular formula is C13H19N3O2. The second kappa shape index (κ2) is 5.82. The molecule has 1 fully saturated rings. The Morgan fingerprint density at radius 3 is 2.83 bits per heavy atom. The Balaban J connectivity index is 1.93. The van der Waals surface area contributed by atoms with Gasteiger partial charge in [0.1, 0.15) is 5.82 Å². The molecule has 1 heterocycles. The zero-order valence-electron chi connectivity index (χ0n) is 10.8.